The number of azide groups is 1. The Morgan fingerprint density at radius 2 is 1.92 bits per heavy atom. The Labute approximate surface area is 69.5 Å². The van der Waals surface area contributed by atoms with Gasteiger partial charge in [0, 0.05) is 16.0 Å². The highest BCUT2D eigenvalue weighted by Crippen LogP contribution is 2.20. The summed E-state index contributed by atoms with van der Waals surface area (Å²) in [6, 6.07) is 0. The second-order valence-electron chi connectivity index (χ2n) is 2.52. The van der Waals surface area contributed by atoms with Crippen LogP contribution in [-0.2, 0) is 0 Å². The van der Waals surface area contributed by atoms with Gasteiger partial charge in [-0.15, -0.1) is 0 Å². The van der Waals surface area contributed by atoms with Crippen molar-refractivity contribution in [2.75, 3.05) is 0 Å². The molecule has 5 heteroatoms. The molecule has 0 aliphatic rings. The van der Waals surface area contributed by atoms with E-state index in [1.54, 1.807) is 13.8 Å². The van der Waals surface area contributed by atoms with Crippen LogP contribution in [0.4, 0.5) is 5.69 Å². The second kappa shape index (κ2) is 3.11. The van der Waals surface area contributed by atoms with Crippen molar-refractivity contribution in [3.63, 3.8) is 0 Å². The largest absolute Gasteiger partial charge is 0.619 e. The highest BCUT2D eigenvalue weighted by atomic mass is 16.5. The van der Waals surface area contributed by atoms with Gasteiger partial charge in [-0.1, -0.05) is 5.11 Å². The molecule has 0 atom stereocenters. The summed E-state index contributed by atoms with van der Waals surface area (Å²) in [5.74, 6) is 0. The predicted molar refractivity (Wildman–Crippen MR) is 43.7 cm³/mol. The summed E-state index contributed by atoms with van der Waals surface area (Å²) in [6.45, 7) is 3.46. The highest BCUT2D eigenvalue weighted by Gasteiger charge is 2.04. The number of hydrogen-bond acceptors (Lipinski definition) is 2. The zero-order valence-corrected chi connectivity index (χ0v) is 6.85. The van der Waals surface area contributed by atoms with Crippen LogP contribution in [0.15, 0.2) is 17.5 Å². The Balaban J connectivity index is 3.37. The van der Waals surface area contributed by atoms with Crippen LogP contribution >= 0.6 is 0 Å². The number of nitrogens with zero attached hydrogens (tertiary/aromatic N) is 4. The number of rotatable bonds is 1. The first-order valence-electron chi connectivity index (χ1n) is 3.40. The van der Waals surface area contributed by atoms with E-state index >= 15 is 0 Å². The quantitative estimate of drug-likeness (QED) is 0.205. The van der Waals surface area contributed by atoms with Gasteiger partial charge in [0.15, 0.2) is 12.4 Å². The molecule has 0 N–H and O–H groups in total. The molecule has 0 saturated carbocycles. The third kappa shape index (κ3) is 1.46. The normalized spacial score (nSPS) is 9.17. The molecule has 1 aromatic heterocycles. The Bertz CT molecular complexity index is 331. The van der Waals surface area contributed by atoms with Gasteiger partial charge in [0.2, 0.25) is 0 Å². The van der Waals surface area contributed by atoms with Crippen LogP contribution in [0.2, 0.25) is 0 Å². The molecule has 1 rings (SSSR count). The molecule has 0 aliphatic carbocycles. The van der Waals surface area contributed by atoms with Crippen LogP contribution in [-0.4, -0.2) is 0 Å². The molecule has 0 unspecified atom stereocenters. The van der Waals surface area contributed by atoms with Gasteiger partial charge in [-0.2, -0.15) is 4.73 Å². The van der Waals surface area contributed by atoms with E-state index in [0.717, 1.165) is 0 Å². The van der Waals surface area contributed by atoms with Gasteiger partial charge in [-0.3, -0.25) is 0 Å². The minimum Gasteiger partial charge on any atom is -0.619 e. The molecular weight excluding hydrogens is 156 g/mol. The van der Waals surface area contributed by atoms with Crippen LogP contribution in [0.5, 0.6) is 0 Å². The summed E-state index contributed by atoms with van der Waals surface area (Å²) in [7, 11) is 0. The zero-order valence-electron chi connectivity index (χ0n) is 6.85. The number of aromatic nitrogens is 1. The third-order valence-electron chi connectivity index (χ3n) is 1.53. The van der Waals surface area contributed by atoms with Gasteiger partial charge >= 0.3 is 0 Å². The maximum absolute atomic E-state index is 10.8. The molecule has 0 fully saturated rings. The molecule has 5 nitrogen and oxygen atoms in total. The molecule has 1 heterocycles. The van der Waals surface area contributed by atoms with Crippen molar-refractivity contribution in [2.45, 2.75) is 13.8 Å². The van der Waals surface area contributed by atoms with E-state index < -0.39 is 0 Å². The third-order valence-corrected chi connectivity index (χ3v) is 1.53. The average molecular weight is 164 g/mol. The van der Waals surface area contributed by atoms with Crippen molar-refractivity contribution in [1.29, 1.82) is 0 Å². The SMILES string of the molecule is Cc1c[n+]([O-])cc(C)c1N=[N+]=[N-]. The van der Waals surface area contributed by atoms with E-state index in [1.165, 1.54) is 12.4 Å². The molecule has 12 heavy (non-hydrogen) atoms. The van der Waals surface area contributed by atoms with E-state index in [9.17, 15) is 5.21 Å². The van der Waals surface area contributed by atoms with E-state index in [2.05, 4.69) is 10.0 Å². The number of hydrogen-bond donors (Lipinski definition) is 0. The van der Waals surface area contributed by atoms with Gasteiger partial charge in [0.1, 0.15) is 0 Å². The Morgan fingerprint density at radius 1 is 1.42 bits per heavy atom. The standard InChI is InChI=1S/C7H8N4O/c1-5-3-11(12)4-6(2)7(5)9-10-8/h3-4H,1-2H3. The lowest BCUT2D eigenvalue weighted by atomic mass is 10.2. The van der Waals surface area contributed by atoms with E-state index in [-0.39, 0.29) is 0 Å². The van der Waals surface area contributed by atoms with Gasteiger partial charge in [-0.25, -0.2) is 0 Å². The molecule has 0 aliphatic heterocycles. The van der Waals surface area contributed by atoms with Crippen molar-refractivity contribution < 1.29 is 4.73 Å². The summed E-state index contributed by atoms with van der Waals surface area (Å²) >= 11 is 0. The lowest BCUT2D eigenvalue weighted by Gasteiger charge is -2.02. The monoisotopic (exact) mass is 164 g/mol. The molecule has 0 saturated heterocycles. The number of aryl methyl sites for hydroxylation is 2. The molecule has 0 bridgehead atoms. The molecule has 62 valence electrons. The van der Waals surface area contributed by atoms with E-state index in [0.29, 0.717) is 21.5 Å². The van der Waals surface area contributed by atoms with Gasteiger partial charge < -0.3 is 5.21 Å². The van der Waals surface area contributed by atoms with Crippen LogP contribution in [0, 0.1) is 19.1 Å². The predicted octanol–water partition coefficient (Wildman–Crippen LogP) is 1.88. The van der Waals surface area contributed by atoms with Crippen molar-refractivity contribution in [3.05, 3.63) is 39.2 Å². The van der Waals surface area contributed by atoms with Crippen molar-refractivity contribution in [2.24, 2.45) is 5.11 Å². The summed E-state index contributed by atoms with van der Waals surface area (Å²) in [5.41, 5.74) is 10.1. The van der Waals surface area contributed by atoms with Crippen molar-refractivity contribution >= 4 is 5.69 Å². The summed E-state index contributed by atoms with van der Waals surface area (Å²) in [6.07, 6.45) is 2.74. The zero-order chi connectivity index (χ0) is 9.14. The molecule has 0 aromatic carbocycles. The second-order valence-corrected chi connectivity index (χ2v) is 2.52. The van der Waals surface area contributed by atoms with Gasteiger partial charge in [0.05, 0.1) is 5.69 Å². The maximum Gasteiger partial charge on any atom is 0.183 e. The molecule has 0 amide bonds. The first kappa shape index (κ1) is 8.36. The van der Waals surface area contributed by atoms with E-state index in [1.807, 2.05) is 0 Å². The Kier molecular flexibility index (Phi) is 2.16. The van der Waals surface area contributed by atoms with Gasteiger partial charge in [0.25, 0.3) is 0 Å². The summed E-state index contributed by atoms with van der Waals surface area (Å²) in [5, 5.41) is 14.3. The molecule has 0 spiro atoms. The molecular formula is C7H8N4O. The molecule has 0 radical (unpaired) electrons. The fraction of sp³-hybridized carbons (Fsp3) is 0.286. The highest BCUT2D eigenvalue weighted by molar-refractivity contribution is 5.48. The lowest BCUT2D eigenvalue weighted by molar-refractivity contribution is -0.606. The smallest absolute Gasteiger partial charge is 0.183 e. The van der Waals surface area contributed by atoms with Crippen molar-refractivity contribution in [1.82, 2.24) is 0 Å². The van der Waals surface area contributed by atoms with Crippen LogP contribution in [0.25, 0.3) is 10.4 Å². The Morgan fingerprint density at radius 3 is 2.33 bits per heavy atom. The fourth-order valence-corrected chi connectivity index (χ4v) is 1.05. The first-order chi connectivity index (χ1) is 5.65. The maximum atomic E-state index is 10.8. The lowest BCUT2D eigenvalue weighted by Crippen LogP contribution is -2.25. The van der Waals surface area contributed by atoms with Crippen LogP contribution in [0.1, 0.15) is 11.1 Å². The van der Waals surface area contributed by atoms with Gasteiger partial charge in [-0.05, 0) is 19.4 Å². The summed E-state index contributed by atoms with van der Waals surface area (Å²) < 4.78 is 0.695. The minimum absolute atomic E-state index is 0.532. The van der Waals surface area contributed by atoms with E-state index in [4.69, 9.17) is 5.53 Å². The number of pyridine rings is 1. The topological polar surface area (TPSA) is 75.7 Å². The summed E-state index contributed by atoms with van der Waals surface area (Å²) in [4.78, 5) is 2.67. The van der Waals surface area contributed by atoms with Crippen molar-refractivity contribution in [3.8, 4) is 0 Å². The Hall–Kier alpha value is -1.74. The average Bonchev–Trinajstić information content (AvgIpc) is 1.96. The first-order valence-corrected chi connectivity index (χ1v) is 3.40. The van der Waals surface area contributed by atoms with Crippen LogP contribution in [0.3, 0.4) is 0 Å². The minimum atomic E-state index is 0.532. The van der Waals surface area contributed by atoms with Crippen LogP contribution < -0.4 is 4.73 Å². The molecule has 1 aromatic rings. The fourth-order valence-electron chi connectivity index (χ4n) is 1.05.